The topological polar surface area (TPSA) is 205 Å². The molecule has 0 unspecified atom stereocenters. The molecule has 0 N–H and O–H groups in total. The molecule has 0 amide bonds. The van der Waals surface area contributed by atoms with Crippen molar-refractivity contribution < 1.29 is 46.8 Å². The van der Waals surface area contributed by atoms with Crippen molar-refractivity contribution in [3.8, 4) is 34.5 Å². The lowest BCUT2D eigenvalue weighted by Gasteiger charge is -2.25. The number of pyridine rings is 2. The van der Waals surface area contributed by atoms with Crippen LogP contribution in [0.15, 0.2) is 72.1 Å². The number of unbranched alkanes of at least 4 members (excludes halogenated alkanes) is 1. The molecule has 0 aliphatic carbocycles. The van der Waals surface area contributed by atoms with Crippen LogP contribution in [0.4, 0.5) is 10.6 Å². The Hall–Kier alpha value is -5.78. The minimum absolute atomic E-state index is 0.0308. The molecule has 0 fully saturated rings. The first-order valence-electron chi connectivity index (χ1n) is 13.8. The van der Waals surface area contributed by atoms with E-state index < -0.39 is 33.0 Å². The van der Waals surface area contributed by atoms with Gasteiger partial charge < -0.3 is 28.5 Å². The van der Waals surface area contributed by atoms with Crippen molar-refractivity contribution in [2.24, 2.45) is 0 Å². The first-order valence-corrected chi connectivity index (χ1v) is 15.3. The molecule has 1 aromatic carbocycles. The molecule has 4 aromatic rings. The van der Waals surface area contributed by atoms with Crippen LogP contribution in [0.2, 0.25) is 0 Å². The Morgan fingerprint density at radius 3 is 2.32 bits per heavy atom. The van der Waals surface area contributed by atoms with Gasteiger partial charge in [-0.3, -0.25) is 4.98 Å². The van der Waals surface area contributed by atoms with Crippen molar-refractivity contribution in [3.63, 3.8) is 0 Å². The van der Waals surface area contributed by atoms with E-state index in [0.717, 1.165) is 0 Å². The summed E-state index contributed by atoms with van der Waals surface area (Å²) in [4.78, 5) is 44.1. The Labute approximate surface area is 269 Å². The molecule has 0 bridgehead atoms. The predicted octanol–water partition coefficient (Wildman–Crippen LogP) is 4.35. The number of benzene rings is 1. The molecule has 18 heteroatoms. The zero-order valence-corrected chi connectivity index (χ0v) is 26.3. The van der Waals surface area contributed by atoms with Crippen LogP contribution in [0.25, 0.3) is 11.4 Å². The van der Waals surface area contributed by atoms with Crippen LogP contribution in [0.3, 0.4) is 0 Å². The third-order valence-corrected chi connectivity index (χ3v) is 7.79. The minimum atomic E-state index is -4.62. The van der Waals surface area contributed by atoms with Crippen molar-refractivity contribution in [2.75, 3.05) is 38.5 Å². The van der Waals surface area contributed by atoms with Gasteiger partial charge in [0, 0.05) is 24.2 Å². The van der Waals surface area contributed by atoms with Crippen LogP contribution in [0, 0.1) is 17.0 Å². The van der Waals surface area contributed by atoms with Gasteiger partial charge in [0.1, 0.15) is 0 Å². The molecule has 3 aromatic heterocycles. The average Bonchev–Trinajstić information content (AvgIpc) is 3.07. The number of nitrogens with zero attached hydrogens (tertiary/aromatic N) is 6. The molecule has 4 rings (SSSR count). The van der Waals surface area contributed by atoms with Crippen molar-refractivity contribution in [1.82, 2.24) is 19.9 Å². The zero-order chi connectivity index (χ0) is 33.8. The van der Waals surface area contributed by atoms with Gasteiger partial charge in [0.15, 0.2) is 34.9 Å². The molecule has 248 valence electrons. The fourth-order valence-electron chi connectivity index (χ4n) is 3.87. The number of carbonyl (C=O) groups is 1. The van der Waals surface area contributed by atoms with Gasteiger partial charge in [-0.15, -0.1) is 10.1 Å². The SMILES string of the molecule is COc1ccccc1Oc1c(OC)nc(-c2ccncc2)nc1N(COC(=O)OCCCCO[N+](=O)[O-])S(=O)(=O)c1ccc(C)cn1. The number of hydrogen-bond donors (Lipinski definition) is 0. The number of methoxy groups -OCH3 is 2. The predicted molar refractivity (Wildman–Crippen MR) is 163 cm³/mol. The summed E-state index contributed by atoms with van der Waals surface area (Å²) in [5, 5.41) is 8.97. The standard InChI is InChI=1S/C29H30N6O11S/c1-20-10-11-24(31-18-20)47(39,40)34(19-44-29(36)43-16-6-7-17-45-35(37)38)27-25(46-23-9-5-4-8-22(23)41-2)28(42-3)33-26(32-27)21-12-14-30-15-13-21/h4-5,8-15,18H,6-7,16-17,19H2,1-3H3. The summed E-state index contributed by atoms with van der Waals surface area (Å²) in [6, 6.07) is 12.6. The van der Waals surface area contributed by atoms with E-state index in [0.29, 0.717) is 21.2 Å². The molecule has 0 aliphatic rings. The van der Waals surface area contributed by atoms with E-state index in [9.17, 15) is 23.3 Å². The molecule has 0 spiro atoms. The Morgan fingerprint density at radius 1 is 0.936 bits per heavy atom. The smallest absolute Gasteiger partial charge is 0.493 e. The number of sulfonamides is 1. The number of aromatic nitrogens is 4. The summed E-state index contributed by atoms with van der Waals surface area (Å²) >= 11 is 0. The van der Waals surface area contributed by atoms with Crippen LogP contribution < -0.4 is 18.5 Å². The highest BCUT2D eigenvalue weighted by molar-refractivity contribution is 7.92. The van der Waals surface area contributed by atoms with Crippen LogP contribution in [-0.4, -0.2) is 73.8 Å². The van der Waals surface area contributed by atoms with Crippen LogP contribution in [0.1, 0.15) is 18.4 Å². The number of carbonyl (C=O) groups excluding carboxylic acids is 1. The van der Waals surface area contributed by atoms with Gasteiger partial charge in [0.25, 0.3) is 21.0 Å². The maximum Gasteiger partial charge on any atom is 0.510 e. The van der Waals surface area contributed by atoms with Crippen molar-refractivity contribution in [3.05, 3.63) is 82.8 Å². The Bertz CT molecular complexity index is 1780. The summed E-state index contributed by atoms with van der Waals surface area (Å²) in [6.07, 6.45) is 3.57. The number of anilines is 1. The second-order valence-corrected chi connectivity index (χ2v) is 11.2. The molecule has 0 saturated heterocycles. The maximum absolute atomic E-state index is 14.2. The summed E-state index contributed by atoms with van der Waals surface area (Å²) in [6.45, 7) is 0.422. The molecule has 0 aliphatic heterocycles. The summed E-state index contributed by atoms with van der Waals surface area (Å²) in [5.41, 5.74) is 1.15. The minimum Gasteiger partial charge on any atom is -0.493 e. The molecule has 0 atom stereocenters. The van der Waals surface area contributed by atoms with Gasteiger partial charge >= 0.3 is 6.16 Å². The van der Waals surface area contributed by atoms with Gasteiger partial charge in [0.05, 0.1) is 27.4 Å². The van der Waals surface area contributed by atoms with E-state index in [-0.39, 0.29) is 55.1 Å². The average molecular weight is 671 g/mol. The van der Waals surface area contributed by atoms with E-state index in [1.54, 1.807) is 49.4 Å². The highest BCUT2D eigenvalue weighted by Crippen LogP contribution is 2.43. The number of aryl methyl sites for hydroxylation is 1. The lowest BCUT2D eigenvalue weighted by atomic mass is 10.2. The second-order valence-electron chi connectivity index (χ2n) is 9.36. The van der Waals surface area contributed by atoms with Crippen LogP contribution >= 0.6 is 0 Å². The molecular formula is C29H30N6O11S. The number of rotatable bonds is 16. The molecule has 0 radical (unpaired) electrons. The number of hydrogen-bond acceptors (Lipinski definition) is 15. The highest BCUT2D eigenvalue weighted by atomic mass is 32.2. The van der Waals surface area contributed by atoms with E-state index in [2.05, 4.69) is 24.8 Å². The van der Waals surface area contributed by atoms with Crippen molar-refractivity contribution in [1.29, 1.82) is 0 Å². The van der Waals surface area contributed by atoms with Gasteiger partial charge in [0.2, 0.25) is 5.75 Å². The van der Waals surface area contributed by atoms with E-state index in [4.69, 9.17) is 23.7 Å². The monoisotopic (exact) mass is 670 g/mol. The van der Waals surface area contributed by atoms with Crippen molar-refractivity contribution in [2.45, 2.75) is 24.8 Å². The molecular weight excluding hydrogens is 640 g/mol. The lowest BCUT2D eigenvalue weighted by Crippen LogP contribution is -2.36. The van der Waals surface area contributed by atoms with E-state index >= 15 is 0 Å². The first kappa shape index (κ1) is 34.1. The third-order valence-electron chi connectivity index (χ3n) is 6.16. The number of para-hydroxylation sites is 2. The van der Waals surface area contributed by atoms with Gasteiger partial charge in [-0.05, 0) is 55.7 Å². The zero-order valence-electron chi connectivity index (χ0n) is 25.5. The van der Waals surface area contributed by atoms with E-state index in [1.807, 2.05) is 0 Å². The van der Waals surface area contributed by atoms with Crippen molar-refractivity contribution >= 4 is 22.0 Å². The van der Waals surface area contributed by atoms with E-state index in [1.165, 1.54) is 38.9 Å². The Kier molecular flexibility index (Phi) is 11.6. The maximum atomic E-state index is 14.2. The second kappa shape index (κ2) is 16.0. The fourth-order valence-corrected chi connectivity index (χ4v) is 5.07. The summed E-state index contributed by atoms with van der Waals surface area (Å²) in [5.74, 6) is -0.291. The largest absolute Gasteiger partial charge is 0.510 e. The van der Waals surface area contributed by atoms with Gasteiger partial charge in [-0.25, -0.2) is 19.1 Å². The number of ether oxygens (including phenoxy) is 5. The quantitative estimate of drug-likeness (QED) is 0.0534. The molecule has 0 saturated carbocycles. The fraction of sp³-hybridized carbons (Fsp3) is 0.276. The third kappa shape index (κ3) is 8.91. The molecule has 3 heterocycles. The lowest BCUT2D eigenvalue weighted by molar-refractivity contribution is -0.757. The highest BCUT2D eigenvalue weighted by Gasteiger charge is 2.35. The summed E-state index contributed by atoms with van der Waals surface area (Å²) in [7, 11) is -1.89. The normalized spacial score (nSPS) is 10.9. The Balaban J connectivity index is 1.78. The van der Waals surface area contributed by atoms with Crippen LogP contribution in [-0.2, 0) is 24.3 Å². The van der Waals surface area contributed by atoms with Gasteiger partial charge in [-0.1, -0.05) is 18.2 Å². The van der Waals surface area contributed by atoms with Crippen LogP contribution in [0.5, 0.6) is 23.1 Å². The molecule has 17 nitrogen and oxygen atoms in total. The molecule has 47 heavy (non-hydrogen) atoms. The van der Waals surface area contributed by atoms with Gasteiger partial charge in [-0.2, -0.15) is 13.4 Å². The summed E-state index contributed by atoms with van der Waals surface area (Å²) < 4.78 is 56.4. The Morgan fingerprint density at radius 2 is 1.66 bits per heavy atom. The first-order chi connectivity index (χ1) is 22.6.